The number of carbonyl (C=O) groups excluding carboxylic acids is 1. The van der Waals surface area contributed by atoms with Crippen LogP contribution in [0.3, 0.4) is 0 Å². The Morgan fingerprint density at radius 2 is 1.67 bits per heavy atom. The van der Waals surface area contributed by atoms with Crippen LogP contribution in [-0.2, 0) is 19.5 Å². The Morgan fingerprint density at radius 1 is 0.967 bits per heavy atom. The molecule has 9 nitrogen and oxygen atoms in total. The number of amides is 1. The Kier molecular flexibility index (Phi) is 6.28. The Hall–Kier alpha value is -2.53. The third-order valence-electron chi connectivity index (χ3n) is 5.07. The maximum Gasteiger partial charge on any atom is 0.274 e. The number of ether oxygens (including phenoxy) is 2. The molecule has 2 fully saturated rings. The lowest BCUT2D eigenvalue weighted by atomic mass is 10.2. The highest BCUT2D eigenvalue weighted by Crippen LogP contribution is 2.31. The summed E-state index contributed by atoms with van der Waals surface area (Å²) in [5, 5.41) is 2.85. The van der Waals surface area contributed by atoms with Crippen molar-refractivity contribution in [3.05, 3.63) is 48.3 Å². The molecule has 2 saturated heterocycles. The van der Waals surface area contributed by atoms with Crippen molar-refractivity contribution in [1.29, 1.82) is 0 Å². The fourth-order valence-corrected chi connectivity index (χ4v) is 4.91. The van der Waals surface area contributed by atoms with Gasteiger partial charge in [-0.2, -0.15) is 4.31 Å². The molecule has 0 radical (unpaired) electrons. The molecule has 10 heteroatoms. The number of morpholine rings is 2. The van der Waals surface area contributed by atoms with Gasteiger partial charge in [0, 0.05) is 32.4 Å². The van der Waals surface area contributed by atoms with E-state index in [2.05, 4.69) is 15.2 Å². The van der Waals surface area contributed by atoms with Gasteiger partial charge < -0.3 is 19.7 Å². The van der Waals surface area contributed by atoms with E-state index in [0.29, 0.717) is 58.3 Å². The van der Waals surface area contributed by atoms with E-state index in [0.717, 1.165) is 5.69 Å². The number of anilines is 2. The van der Waals surface area contributed by atoms with Crippen molar-refractivity contribution in [2.24, 2.45) is 0 Å². The lowest BCUT2D eigenvalue weighted by Crippen LogP contribution is -2.40. The molecule has 1 aromatic carbocycles. The molecule has 0 spiro atoms. The molecule has 0 saturated carbocycles. The predicted molar refractivity (Wildman–Crippen MR) is 111 cm³/mol. The Balaban J connectivity index is 1.68. The summed E-state index contributed by atoms with van der Waals surface area (Å²) < 4.78 is 38.3. The summed E-state index contributed by atoms with van der Waals surface area (Å²) in [6.45, 7) is 3.81. The van der Waals surface area contributed by atoms with Gasteiger partial charge in [-0.05, 0) is 30.3 Å². The number of hydrogen-bond donors (Lipinski definition) is 1. The van der Waals surface area contributed by atoms with Crippen LogP contribution in [0.5, 0.6) is 0 Å². The first-order valence-electron chi connectivity index (χ1n) is 9.83. The van der Waals surface area contributed by atoms with Crippen LogP contribution in [0.4, 0.5) is 11.4 Å². The van der Waals surface area contributed by atoms with Crippen LogP contribution in [0.15, 0.2) is 47.5 Å². The molecule has 1 amide bonds. The summed E-state index contributed by atoms with van der Waals surface area (Å²) in [6, 6.07) is 9.92. The number of rotatable bonds is 5. The van der Waals surface area contributed by atoms with Gasteiger partial charge in [0.05, 0.1) is 42.7 Å². The second-order valence-electron chi connectivity index (χ2n) is 6.96. The number of pyridine rings is 1. The quantitative estimate of drug-likeness (QED) is 0.757. The topological polar surface area (TPSA) is 101 Å². The van der Waals surface area contributed by atoms with Gasteiger partial charge in [-0.3, -0.25) is 9.78 Å². The Morgan fingerprint density at radius 3 is 2.33 bits per heavy atom. The first-order valence-corrected chi connectivity index (χ1v) is 11.3. The highest BCUT2D eigenvalue weighted by Gasteiger charge is 2.28. The molecule has 0 atom stereocenters. The predicted octanol–water partition coefficient (Wildman–Crippen LogP) is 1.19. The molecule has 0 unspecified atom stereocenters. The highest BCUT2D eigenvalue weighted by atomic mass is 32.2. The van der Waals surface area contributed by atoms with Gasteiger partial charge in [0.2, 0.25) is 10.0 Å². The lowest BCUT2D eigenvalue weighted by molar-refractivity contribution is 0.0730. The van der Waals surface area contributed by atoms with Crippen molar-refractivity contribution in [1.82, 2.24) is 9.29 Å². The maximum atomic E-state index is 13.1. The summed E-state index contributed by atoms with van der Waals surface area (Å²) in [4.78, 5) is 19.0. The number of nitrogens with zero attached hydrogens (tertiary/aromatic N) is 3. The second-order valence-corrected chi connectivity index (χ2v) is 8.90. The number of hydrogen-bond acceptors (Lipinski definition) is 7. The summed E-state index contributed by atoms with van der Waals surface area (Å²) in [7, 11) is -3.69. The number of benzene rings is 1. The molecular formula is C20H24N4O5S. The molecule has 3 heterocycles. The standard InChI is InChI=1S/C20H24N4O5S/c25-20(17-3-1-2-6-21-17)22-18-15-16(30(26,27)24-9-13-29-14-10-24)4-5-19(18)23-7-11-28-12-8-23/h1-6,15H,7-14H2,(H,22,25). The van der Waals surface area contributed by atoms with E-state index in [4.69, 9.17) is 9.47 Å². The minimum atomic E-state index is -3.69. The minimum Gasteiger partial charge on any atom is -0.379 e. The highest BCUT2D eigenvalue weighted by molar-refractivity contribution is 7.89. The first kappa shape index (κ1) is 20.7. The third kappa shape index (κ3) is 4.46. The van der Waals surface area contributed by atoms with Gasteiger partial charge in [-0.15, -0.1) is 0 Å². The largest absolute Gasteiger partial charge is 0.379 e. The van der Waals surface area contributed by atoms with E-state index in [-0.39, 0.29) is 10.6 Å². The molecule has 1 N–H and O–H groups in total. The van der Waals surface area contributed by atoms with E-state index < -0.39 is 15.9 Å². The Bertz CT molecular complexity index is 988. The number of nitrogens with one attached hydrogen (secondary N) is 1. The van der Waals surface area contributed by atoms with Crippen molar-refractivity contribution < 1.29 is 22.7 Å². The number of carbonyl (C=O) groups is 1. The molecule has 4 rings (SSSR count). The van der Waals surface area contributed by atoms with Gasteiger partial charge >= 0.3 is 0 Å². The van der Waals surface area contributed by atoms with Gasteiger partial charge in [0.15, 0.2) is 0 Å². The van der Waals surface area contributed by atoms with Crippen molar-refractivity contribution in [2.45, 2.75) is 4.90 Å². The van der Waals surface area contributed by atoms with Crippen LogP contribution in [0.2, 0.25) is 0 Å². The van der Waals surface area contributed by atoms with E-state index in [9.17, 15) is 13.2 Å². The molecule has 2 aromatic rings. The molecule has 0 bridgehead atoms. The van der Waals surface area contributed by atoms with Gasteiger partial charge in [0.25, 0.3) is 5.91 Å². The van der Waals surface area contributed by atoms with E-state index in [1.54, 1.807) is 30.3 Å². The third-order valence-corrected chi connectivity index (χ3v) is 6.97. The Labute approximate surface area is 175 Å². The van der Waals surface area contributed by atoms with Crippen molar-refractivity contribution in [3.8, 4) is 0 Å². The number of sulfonamides is 1. The maximum absolute atomic E-state index is 13.1. The molecule has 0 aliphatic carbocycles. The monoisotopic (exact) mass is 432 g/mol. The zero-order chi connectivity index (χ0) is 21.0. The zero-order valence-corrected chi connectivity index (χ0v) is 17.3. The van der Waals surface area contributed by atoms with Crippen molar-refractivity contribution >= 4 is 27.3 Å². The fourth-order valence-electron chi connectivity index (χ4n) is 3.48. The molecule has 1 aromatic heterocycles. The zero-order valence-electron chi connectivity index (χ0n) is 16.5. The first-order chi connectivity index (χ1) is 14.6. The molecule has 2 aliphatic rings. The van der Waals surface area contributed by atoms with Crippen LogP contribution < -0.4 is 10.2 Å². The van der Waals surface area contributed by atoms with Crippen molar-refractivity contribution in [2.75, 3.05) is 62.8 Å². The summed E-state index contributed by atoms with van der Waals surface area (Å²) in [6.07, 6.45) is 1.54. The molecule has 2 aliphatic heterocycles. The lowest BCUT2D eigenvalue weighted by Gasteiger charge is -2.31. The molecule has 160 valence electrons. The molecular weight excluding hydrogens is 408 g/mol. The second kappa shape index (κ2) is 9.09. The van der Waals surface area contributed by atoms with Crippen LogP contribution in [0.25, 0.3) is 0 Å². The fraction of sp³-hybridized carbons (Fsp3) is 0.400. The van der Waals surface area contributed by atoms with Crippen LogP contribution >= 0.6 is 0 Å². The van der Waals surface area contributed by atoms with E-state index in [1.165, 1.54) is 16.6 Å². The van der Waals surface area contributed by atoms with Crippen LogP contribution in [0.1, 0.15) is 10.5 Å². The number of aromatic nitrogens is 1. The van der Waals surface area contributed by atoms with Gasteiger partial charge in [0.1, 0.15) is 5.69 Å². The SMILES string of the molecule is O=C(Nc1cc(S(=O)(=O)N2CCOCC2)ccc1N1CCOCC1)c1ccccn1. The summed E-state index contributed by atoms with van der Waals surface area (Å²) in [5.41, 5.74) is 1.44. The van der Waals surface area contributed by atoms with Gasteiger partial charge in [-0.25, -0.2) is 8.42 Å². The average molecular weight is 433 g/mol. The van der Waals surface area contributed by atoms with Crippen molar-refractivity contribution in [3.63, 3.8) is 0 Å². The summed E-state index contributed by atoms with van der Waals surface area (Å²) >= 11 is 0. The smallest absolute Gasteiger partial charge is 0.274 e. The van der Waals surface area contributed by atoms with E-state index >= 15 is 0 Å². The van der Waals surface area contributed by atoms with E-state index in [1.807, 2.05) is 0 Å². The normalized spacial score (nSPS) is 18.2. The van der Waals surface area contributed by atoms with Crippen LogP contribution in [-0.4, -0.2) is 76.2 Å². The van der Waals surface area contributed by atoms with Crippen LogP contribution in [0, 0.1) is 0 Å². The molecule has 30 heavy (non-hydrogen) atoms. The average Bonchev–Trinajstić information content (AvgIpc) is 2.81. The van der Waals surface area contributed by atoms with Gasteiger partial charge in [-0.1, -0.05) is 6.07 Å². The summed E-state index contributed by atoms with van der Waals surface area (Å²) in [5.74, 6) is -0.397. The minimum absolute atomic E-state index is 0.137.